The second-order valence-corrected chi connectivity index (χ2v) is 4.15. The molecule has 1 heterocycles. The van der Waals surface area contributed by atoms with Gasteiger partial charge < -0.3 is 11.1 Å². The molecule has 3 N–H and O–H groups in total. The van der Waals surface area contributed by atoms with Crippen LogP contribution in [0.2, 0.25) is 0 Å². The Labute approximate surface area is 97.5 Å². The highest BCUT2D eigenvalue weighted by Gasteiger charge is 2.10. The summed E-state index contributed by atoms with van der Waals surface area (Å²) in [4.78, 5) is 0. The van der Waals surface area contributed by atoms with E-state index in [1.165, 1.54) is 17.1 Å². The molecule has 5 heteroatoms. The van der Waals surface area contributed by atoms with Gasteiger partial charge in [0.1, 0.15) is 16.6 Å². The summed E-state index contributed by atoms with van der Waals surface area (Å²) in [5.74, 6) is 0.280. The van der Waals surface area contributed by atoms with Crippen molar-refractivity contribution in [3.63, 3.8) is 0 Å². The molecule has 0 aliphatic heterocycles. The van der Waals surface area contributed by atoms with Crippen molar-refractivity contribution in [1.82, 2.24) is 4.37 Å². The molecule has 80 valence electrons. The maximum atomic E-state index is 8.91. The predicted octanol–water partition coefficient (Wildman–Crippen LogP) is 2.65. The SMILES string of the molecule is Cc1ccc(Nc2snc(N)c2C#N)cc1. The Balaban J connectivity index is 2.27. The van der Waals surface area contributed by atoms with Crippen molar-refractivity contribution in [3.8, 4) is 6.07 Å². The average Bonchev–Trinajstić information content (AvgIpc) is 2.63. The molecule has 0 unspecified atom stereocenters. The zero-order valence-corrected chi connectivity index (χ0v) is 9.51. The number of aryl methyl sites for hydroxylation is 1. The summed E-state index contributed by atoms with van der Waals surface area (Å²) in [5.41, 5.74) is 8.09. The van der Waals surface area contributed by atoms with Crippen molar-refractivity contribution in [1.29, 1.82) is 5.26 Å². The highest BCUT2D eigenvalue weighted by molar-refractivity contribution is 7.10. The Hall–Kier alpha value is -2.06. The molecule has 0 aliphatic rings. The van der Waals surface area contributed by atoms with Crippen molar-refractivity contribution < 1.29 is 0 Å². The summed E-state index contributed by atoms with van der Waals surface area (Å²) in [6.45, 7) is 2.02. The van der Waals surface area contributed by atoms with Crippen LogP contribution >= 0.6 is 11.5 Å². The fourth-order valence-electron chi connectivity index (χ4n) is 1.26. The van der Waals surface area contributed by atoms with Crippen molar-refractivity contribution in [3.05, 3.63) is 35.4 Å². The third kappa shape index (κ3) is 1.97. The third-order valence-corrected chi connectivity index (χ3v) is 2.92. The van der Waals surface area contributed by atoms with Crippen LogP contribution in [0.15, 0.2) is 24.3 Å². The Morgan fingerprint density at radius 1 is 1.38 bits per heavy atom. The van der Waals surface area contributed by atoms with Gasteiger partial charge in [0.2, 0.25) is 0 Å². The second kappa shape index (κ2) is 4.21. The summed E-state index contributed by atoms with van der Waals surface area (Å²) in [6, 6.07) is 9.94. The van der Waals surface area contributed by atoms with Gasteiger partial charge in [-0.05, 0) is 30.6 Å². The lowest BCUT2D eigenvalue weighted by molar-refractivity contribution is 1.45. The first-order valence-electron chi connectivity index (χ1n) is 4.69. The number of nitrogens with zero attached hydrogens (tertiary/aromatic N) is 2. The molecular weight excluding hydrogens is 220 g/mol. The molecule has 0 amide bonds. The molecule has 16 heavy (non-hydrogen) atoms. The average molecular weight is 230 g/mol. The molecule has 4 nitrogen and oxygen atoms in total. The van der Waals surface area contributed by atoms with Gasteiger partial charge in [0.25, 0.3) is 0 Å². The Morgan fingerprint density at radius 2 is 2.06 bits per heavy atom. The summed E-state index contributed by atoms with van der Waals surface area (Å²) >= 11 is 1.19. The first-order valence-corrected chi connectivity index (χ1v) is 5.47. The van der Waals surface area contributed by atoms with Gasteiger partial charge in [-0.15, -0.1) is 0 Å². The first-order chi connectivity index (χ1) is 7.70. The summed E-state index contributed by atoms with van der Waals surface area (Å²) in [6.07, 6.45) is 0. The lowest BCUT2D eigenvalue weighted by Crippen LogP contribution is -1.92. The maximum absolute atomic E-state index is 8.91. The van der Waals surface area contributed by atoms with E-state index in [0.29, 0.717) is 10.6 Å². The summed E-state index contributed by atoms with van der Waals surface area (Å²) < 4.78 is 3.94. The second-order valence-electron chi connectivity index (χ2n) is 3.37. The van der Waals surface area contributed by atoms with Crippen LogP contribution in [0.3, 0.4) is 0 Å². The molecule has 0 fully saturated rings. The van der Waals surface area contributed by atoms with Crippen LogP contribution in [-0.4, -0.2) is 4.37 Å². The van der Waals surface area contributed by atoms with Gasteiger partial charge in [0.15, 0.2) is 5.82 Å². The minimum Gasteiger partial charge on any atom is -0.382 e. The highest BCUT2D eigenvalue weighted by atomic mass is 32.1. The fourth-order valence-corrected chi connectivity index (χ4v) is 1.95. The van der Waals surface area contributed by atoms with Gasteiger partial charge in [-0.1, -0.05) is 17.7 Å². The van der Waals surface area contributed by atoms with E-state index in [-0.39, 0.29) is 5.82 Å². The van der Waals surface area contributed by atoms with E-state index in [9.17, 15) is 0 Å². The highest BCUT2D eigenvalue weighted by Crippen LogP contribution is 2.28. The van der Waals surface area contributed by atoms with Crippen LogP contribution in [0.5, 0.6) is 0 Å². The van der Waals surface area contributed by atoms with Gasteiger partial charge in [-0.3, -0.25) is 0 Å². The van der Waals surface area contributed by atoms with E-state index < -0.39 is 0 Å². The van der Waals surface area contributed by atoms with Crippen LogP contribution in [0, 0.1) is 18.3 Å². The summed E-state index contributed by atoms with van der Waals surface area (Å²) in [7, 11) is 0. The fraction of sp³-hybridized carbons (Fsp3) is 0.0909. The zero-order valence-electron chi connectivity index (χ0n) is 8.69. The Morgan fingerprint density at radius 3 is 2.69 bits per heavy atom. The Bertz CT molecular complexity index is 536. The van der Waals surface area contributed by atoms with Crippen LogP contribution in [-0.2, 0) is 0 Å². The molecule has 0 bridgehead atoms. The first kappa shape index (κ1) is 10.5. The standard InChI is InChI=1S/C11H10N4S/c1-7-2-4-8(5-3-7)14-11-9(6-12)10(13)15-16-11/h2-5,14H,1H3,(H2,13,15). The lowest BCUT2D eigenvalue weighted by Gasteiger charge is -2.03. The predicted molar refractivity (Wildman–Crippen MR) is 65.7 cm³/mol. The van der Waals surface area contributed by atoms with Gasteiger partial charge >= 0.3 is 0 Å². The van der Waals surface area contributed by atoms with E-state index in [0.717, 1.165) is 5.69 Å². The largest absolute Gasteiger partial charge is 0.382 e. The monoisotopic (exact) mass is 230 g/mol. The van der Waals surface area contributed by atoms with Gasteiger partial charge in [-0.2, -0.15) is 9.64 Å². The number of rotatable bonds is 2. The van der Waals surface area contributed by atoms with Gasteiger partial charge in [0, 0.05) is 5.69 Å². The topological polar surface area (TPSA) is 74.7 Å². The molecule has 0 saturated heterocycles. The Kier molecular flexibility index (Phi) is 2.75. The molecule has 0 spiro atoms. The normalized spacial score (nSPS) is 9.75. The van der Waals surface area contributed by atoms with Crippen LogP contribution in [0.4, 0.5) is 16.5 Å². The molecule has 2 rings (SSSR count). The number of nitrogen functional groups attached to an aromatic ring is 1. The van der Waals surface area contributed by atoms with E-state index in [2.05, 4.69) is 9.69 Å². The van der Waals surface area contributed by atoms with E-state index in [4.69, 9.17) is 11.0 Å². The third-order valence-electron chi connectivity index (χ3n) is 2.14. The lowest BCUT2D eigenvalue weighted by atomic mass is 10.2. The molecule has 0 radical (unpaired) electrons. The quantitative estimate of drug-likeness (QED) is 0.831. The van der Waals surface area contributed by atoms with Gasteiger partial charge in [0.05, 0.1) is 0 Å². The smallest absolute Gasteiger partial charge is 0.157 e. The number of aromatic nitrogens is 1. The van der Waals surface area contributed by atoms with E-state index >= 15 is 0 Å². The van der Waals surface area contributed by atoms with Crippen molar-refractivity contribution in [2.24, 2.45) is 0 Å². The number of hydrogen-bond acceptors (Lipinski definition) is 5. The van der Waals surface area contributed by atoms with Crippen molar-refractivity contribution in [2.45, 2.75) is 6.92 Å². The number of nitriles is 1. The maximum Gasteiger partial charge on any atom is 0.157 e. The van der Waals surface area contributed by atoms with Crippen LogP contribution < -0.4 is 11.1 Å². The molecule has 1 aromatic heterocycles. The van der Waals surface area contributed by atoms with Crippen molar-refractivity contribution >= 4 is 28.0 Å². The number of hydrogen-bond donors (Lipinski definition) is 2. The van der Waals surface area contributed by atoms with Crippen molar-refractivity contribution in [2.75, 3.05) is 11.1 Å². The molecule has 0 atom stereocenters. The number of benzene rings is 1. The zero-order chi connectivity index (χ0) is 11.5. The summed E-state index contributed by atoms with van der Waals surface area (Å²) in [5, 5.41) is 12.7. The number of nitrogens with one attached hydrogen (secondary N) is 1. The minimum absolute atomic E-state index is 0.280. The molecule has 0 saturated carbocycles. The number of nitrogens with two attached hydrogens (primary N) is 1. The van der Waals surface area contributed by atoms with E-state index in [1.807, 2.05) is 37.3 Å². The molecule has 1 aromatic carbocycles. The van der Waals surface area contributed by atoms with Crippen LogP contribution in [0.1, 0.15) is 11.1 Å². The van der Waals surface area contributed by atoms with Gasteiger partial charge in [-0.25, -0.2) is 0 Å². The van der Waals surface area contributed by atoms with E-state index in [1.54, 1.807) is 0 Å². The molecule has 0 aliphatic carbocycles. The molecular formula is C11H10N4S. The minimum atomic E-state index is 0.280. The van der Waals surface area contributed by atoms with Crippen LogP contribution in [0.25, 0.3) is 0 Å². The number of anilines is 3. The molecule has 2 aromatic rings.